The summed E-state index contributed by atoms with van der Waals surface area (Å²) in [6.45, 7) is 2.34. The summed E-state index contributed by atoms with van der Waals surface area (Å²) in [6, 6.07) is -0.233. The van der Waals surface area contributed by atoms with Gasteiger partial charge in [0.2, 0.25) is 11.8 Å². The van der Waals surface area contributed by atoms with Crippen LogP contribution < -0.4 is 5.32 Å². The normalized spacial score (nSPS) is 28.2. The van der Waals surface area contributed by atoms with Gasteiger partial charge in [-0.1, -0.05) is 6.08 Å². The Labute approximate surface area is 125 Å². The molecule has 0 aromatic heterocycles. The molecule has 0 unspecified atom stereocenters. The fourth-order valence-electron chi connectivity index (χ4n) is 3.49. The number of morpholine rings is 1. The standard InChI is InChI=1S/C15H23N3O3/c1-16-13(19)12-7-21-15(8-17(12)2)9-18(10-15)14(20)11-5-3-4-6-11/h5,12H,3-4,6-10H2,1-2H3,(H,16,19)/t12-/m0/s1. The first-order valence-electron chi connectivity index (χ1n) is 7.59. The zero-order valence-electron chi connectivity index (χ0n) is 12.7. The van der Waals surface area contributed by atoms with Crippen LogP contribution in [0, 0.1) is 0 Å². The van der Waals surface area contributed by atoms with Crippen LogP contribution >= 0.6 is 0 Å². The van der Waals surface area contributed by atoms with Crippen LogP contribution in [0.25, 0.3) is 0 Å². The monoisotopic (exact) mass is 293 g/mol. The highest BCUT2D eigenvalue weighted by Gasteiger charge is 2.51. The number of likely N-dealkylation sites (N-methyl/N-ethyl adjacent to an activating group) is 2. The molecule has 3 rings (SSSR count). The SMILES string of the molecule is CNC(=O)[C@@H]1COC2(CN(C(=O)C3=CCCC3)C2)CN1C. The van der Waals surface area contributed by atoms with E-state index in [1.807, 2.05) is 16.8 Å². The van der Waals surface area contributed by atoms with Gasteiger partial charge in [-0.15, -0.1) is 0 Å². The largest absolute Gasteiger partial charge is 0.368 e. The molecule has 3 aliphatic rings. The lowest BCUT2D eigenvalue weighted by molar-refractivity contribution is -0.199. The summed E-state index contributed by atoms with van der Waals surface area (Å²) in [6.07, 6.45) is 5.07. The molecule has 2 heterocycles. The number of likely N-dealkylation sites (tertiary alicyclic amines) is 1. The van der Waals surface area contributed by atoms with Crippen LogP contribution in [0.15, 0.2) is 11.6 Å². The number of amides is 2. The minimum Gasteiger partial charge on any atom is -0.368 e. The van der Waals surface area contributed by atoms with E-state index in [0.717, 1.165) is 24.8 Å². The van der Waals surface area contributed by atoms with Crippen molar-refractivity contribution in [2.24, 2.45) is 0 Å². The fourth-order valence-corrected chi connectivity index (χ4v) is 3.49. The van der Waals surface area contributed by atoms with Gasteiger partial charge in [0.1, 0.15) is 11.6 Å². The molecule has 2 amide bonds. The van der Waals surface area contributed by atoms with E-state index in [1.165, 1.54) is 0 Å². The average molecular weight is 293 g/mol. The van der Waals surface area contributed by atoms with E-state index in [4.69, 9.17) is 4.74 Å². The van der Waals surface area contributed by atoms with Crippen molar-refractivity contribution in [2.45, 2.75) is 30.9 Å². The number of carbonyl (C=O) groups is 2. The summed E-state index contributed by atoms with van der Waals surface area (Å²) >= 11 is 0. The first kappa shape index (κ1) is 14.5. The molecule has 21 heavy (non-hydrogen) atoms. The third kappa shape index (κ3) is 2.58. The van der Waals surface area contributed by atoms with Crippen molar-refractivity contribution in [3.8, 4) is 0 Å². The van der Waals surface area contributed by atoms with E-state index >= 15 is 0 Å². The molecule has 0 aromatic carbocycles. The molecule has 116 valence electrons. The van der Waals surface area contributed by atoms with E-state index in [9.17, 15) is 9.59 Å². The maximum absolute atomic E-state index is 12.3. The summed E-state index contributed by atoms with van der Waals surface area (Å²) < 4.78 is 5.93. The highest BCUT2D eigenvalue weighted by molar-refractivity contribution is 5.94. The Morgan fingerprint density at radius 2 is 2.14 bits per heavy atom. The van der Waals surface area contributed by atoms with Crippen LogP contribution in [-0.4, -0.2) is 73.6 Å². The number of hydrogen-bond donors (Lipinski definition) is 1. The second-order valence-corrected chi connectivity index (χ2v) is 6.32. The van der Waals surface area contributed by atoms with E-state index in [2.05, 4.69) is 11.4 Å². The van der Waals surface area contributed by atoms with Gasteiger partial charge in [-0.2, -0.15) is 0 Å². The average Bonchev–Trinajstić information content (AvgIpc) is 2.97. The van der Waals surface area contributed by atoms with Gasteiger partial charge >= 0.3 is 0 Å². The molecule has 2 saturated heterocycles. The fraction of sp³-hybridized carbons (Fsp3) is 0.733. The zero-order valence-corrected chi connectivity index (χ0v) is 12.7. The van der Waals surface area contributed by atoms with Crippen molar-refractivity contribution < 1.29 is 14.3 Å². The Bertz CT molecular complexity index is 483. The summed E-state index contributed by atoms with van der Waals surface area (Å²) in [7, 11) is 3.58. The highest BCUT2D eigenvalue weighted by atomic mass is 16.5. The molecule has 2 aliphatic heterocycles. The zero-order chi connectivity index (χ0) is 15.0. The first-order chi connectivity index (χ1) is 10.0. The Morgan fingerprint density at radius 3 is 2.71 bits per heavy atom. The number of nitrogens with zero attached hydrogens (tertiary/aromatic N) is 2. The van der Waals surface area contributed by atoms with Crippen molar-refractivity contribution in [3.63, 3.8) is 0 Å². The van der Waals surface area contributed by atoms with Gasteiger partial charge in [0.15, 0.2) is 0 Å². The molecular weight excluding hydrogens is 270 g/mol. The molecule has 0 aromatic rings. The second-order valence-electron chi connectivity index (χ2n) is 6.32. The first-order valence-corrected chi connectivity index (χ1v) is 7.59. The third-order valence-electron chi connectivity index (χ3n) is 4.73. The topological polar surface area (TPSA) is 61.9 Å². The van der Waals surface area contributed by atoms with Gasteiger partial charge in [0.25, 0.3) is 0 Å². The molecule has 1 aliphatic carbocycles. The van der Waals surface area contributed by atoms with Gasteiger partial charge in [-0.05, 0) is 26.3 Å². The smallest absolute Gasteiger partial charge is 0.249 e. The van der Waals surface area contributed by atoms with Crippen LogP contribution in [0.4, 0.5) is 0 Å². The number of carbonyl (C=O) groups excluding carboxylic acids is 2. The number of nitrogens with one attached hydrogen (secondary N) is 1. The maximum atomic E-state index is 12.3. The number of allylic oxidation sites excluding steroid dienone is 1. The molecule has 6 heteroatoms. The van der Waals surface area contributed by atoms with E-state index in [1.54, 1.807) is 7.05 Å². The van der Waals surface area contributed by atoms with Crippen LogP contribution in [-0.2, 0) is 14.3 Å². The molecule has 1 N–H and O–H groups in total. The molecule has 0 saturated carbocycles. The summed E-state index contributed by atoms with van der Waals surface area (Å²) in [5.41, 5.74) is 0.672. The lowest BCUT2D eigenvalue weighted by Crippen LogP contribution is -2.73. The molecule has 0 bridgehead atoms. The predicted octanol–water partition coefficient (Wildman–Crippen LogP) is -0.246. The maximum Gasteiger partial charge on any atom is 0.249 e. The van der Waals surface area contributed by atoms with Gasteiger partial charge < -0.3 is 15.0 Å². The van der Waals surface area contributed by atoms with E-state index in [-0.39, 0.29) is 23.5 Å². The summed E-state index contributed by atoms with van der Waals surface area (Å²) in [5, 5.41) is 2.66. The number of hydrogen-bond acceptors (Lipinski definition) is 4. The number of rotatable bonds is 2. The second kappa shape index (κ2) is 5.42. The quantitative estimate of drug-likeness (QED) is 0.763. The van der Waals surface area contributed by atoms with Crippen LogP contribution in [0.1, 0.15) is 19.3 Å². The molecule has 2 fully saturated rings. The third-order valence-corrected chi connectivity index (χ3v) is 4.73. The molecule has 0 radical (unpaired) electrons. The Balaban J connectivity index is 1.56. The van der Waals surface area contributed by atoms with Crippen LogP contribution in [0.2, 0.25) is 0 Å². The lowest BCUT2D eigenvalue weighted by atomic mass is 9.90. The minimum absolute atomic E-state index is 0.0179. The van der Waals surface area contributed by atoms with Gasteiger partial charge in [-0.3, -0.25) is 14.5 Å². The Morgan fingerprint density at radius 1 is 1.38 bits per heavy atom. The Kier molecular flexibility index (Phi) is 3.75. The predicted molar refractivity (Wildman–Crippen MR) is 77.7 cm³/mol. The van der Waals surface area contributed by atoms with Crippen molar-refractivity contribution in [2.75, 3.05) is 40.3 Å². The minimum atomic E-state index is -0.284. The van der Waals surface area contributed by atoms with Crippen LogP contribution in [0.5, 0.6) is 0 Å². The molecule has 1 atom stereocenters. The molecular formula is C15H23N3O3. The van der Waals surface area contributed by atoms with Crippen molar-refractivity contribution in [1.82, 2.24) is 15.1 Å². The summed E-state index contributed by atoms with van der Waals surface area (Å²) in [4.78, 5) is 27.9. The lowest BCUT2D eigenvalue weighted by Gasteiger charge is -2.54. The van der Waals surface area contributed by atoms with E-state index in [0.29, 0.717) is 26.2 Å². The molecule has 1 spiro atoms. The van der Waals surface area contributed by atoms with Gasteiger partial charge in [0.05, 0.1) is 19.7 Å². The summed E-state index contributed by atoms with van der Waals surface area (Å²) in [5.74, 6) is 0.147. The molecule has 6 nitrogen and oxygen atoms in total. The van der Waals surface area contributed by atoms with Gasteiger partial charge in [0, 0.05) is 19.2 Å². The Hall–Kier alpha value is -1.40. The highest BCUT2D eigenvalue weighted by Crippen LogP contribution is 2.32. The van der Waals surface area contributed by atoms with Gasteiger partial charge in [-0.25, -0.2) is 0 Å². The van der Waals surface area contributed by atoms with Crippen LogP contribution in [0.3, 0.4) is 0 Å². The number of ether oxygens (including phenoxy) is 1. The van der Waals surface area contributed by atoms with Crippen molar-refractivity contribution >= 4 is 11.8 Å². The van der Waals surface area contributed by atoms with Crippen molar-refractivity contribution in [3.05, 3.63) is 11.6 Å². The van der Waals surface area contributed by atoms with E-state index < -0.39 is 0 Å². The van der Waals surface area contributed by atoms with Crippen molar-refractivity contribution in [1.29, 1.82) is 0 Å².